The number of nitrogens with one attached hydrogen (secondary N) is 1. The van der Waals surface area contributed by atoms with Crippen molar-refractivity contribution < 1.29 is 19.7 Å². The van der Waals surface area contributed by atoms with Gasteiger partial charge in [0.05, 0.1) is 16.9 Å². The molecule has 3 N–H and O–H groups in total. The van der Waals surface area contributed by atoms with Crippen molar-refractivity contribution in [2.24, 2.45) is 0 Å². The Bertz CT molecular complexity index is 659. The molecule has 2 rings (SSSR count). The fourth-order valence-electron chi connectivity index (χ4n) is 1.86. The van der Waals surface area contributed by atoms with E-state index in [0.717, 1.165) is 0 Å². The molecule has 1 aromatic heterocycles. The molecule has 118 valence electrons. The predicted octanol–water partition coefficient (Wildman–Crippen LogP) is 2.42. The van der Waals surface area contributed by atoms with Gasteiger partial charge in [0.2, 0.25) is 5.88 Å². The van der Waals surface area contributed by atoms with E-state index in [1.54, 1.807) is 32.9 Å². The van der Waals surface area contributed by atoms with Crippen LogP contribution in [0.1, 0.15) is 19.4 Å². The van der Waals surface area contributed by atoms with Crippen LogP contribution in [0.4, 0.5) is 10.6 Å². The summed E-state index contributed by atoms with van der Waals surface area (Å²) in [5, 5.41) is 25.4. The minimum Gasteiger partial charge on any atom is -0.473 e. The third-order valence-electron chi connectivity index (χ3n) is 2.87. The van der Waals surface area contributed by atoms with Crippen molar-refractivity contribution in [1.82, 2.24) is 9.78 Å². The summed E-state index contributed by atoms with van der Waals surface area (Å²) in [5.74, 6) is 0.583. The van der Waals surface area contributed by atoms with E-state index in [0.29, 0.717) is 17.1 Å². The molecule has 1 heterocycles. The minimum absolute atomic E-state index is 0.0478. The Morgan fingerprint density at radius 2 is 2.00 bits per heavy atom. The third-order valence-corrected chi connectivity index (χ3v) is 2.87. The highest BCUT2D eigenvalue weighted by Gasteiger charge is 2.21. The van der Waals surface area contributed by atoms with Crippen LogP contribution in [0.2, 0.25) is 0 Å². The minimum atomic E-state index is -1.19. The molecule has 0 fully saturated rings. The van der Waals surface area contributed by atoms with Gasteiger partial charge in [0.15, 0.2) is 0 Å². The predicted molar refractivity (Wildman–Crippen MR) is 81.7 cm³/mol. The number of aliphatic hydroxyl groups is 1. The lowest BCUT2D eigenvalue weighted by atomic mass is 10.2. The van der Waals surface area contributed by atoms with Gasteiger partial charge in [0.25, 0.3) is 0 Å². The molecule has 2 aromatic rings. The number of para-hydroxylation sites is 1. The molecular formula is C15H19N3O4. The highest BCUT2D eigenvalue weighted by Crippen LogP contribution is 2.28. The first-order valence-electron chi connectivity index (χ1n) is 6.78. The van der Waals surface area contributed by atoms with E-state index in [1.165, 1.54) is 4.68 Å². The number of amides is 1. The second-order valence-corrected chi connectivity index (χ2v) is 5.56. The SMILES string of the molecule is Cc1c(OCC(C)(C)O)nn(-c2ccccc2)c1NC(=O)O. The van der Waals surface area contributed by atoms with Gasteiger partial charge in [-0.3, -0.25) is 5.32 Å². The van der Waals surface area contributed by atoms with Crippen LogP contribution in [-0.4, -0.2) is 38.3 Å². The summed E-state index contributed by atoms with van der Waals surface area (Å²) >= 11 is 0. The molecule has 0 spiro atoms. The molecule has 0 atom stereocenters. The number of anilines is 1. The number of hydrogen-bond acceptors (Lipinski definition) is 4. The van der Waals surface area contributed by atoms with Crippen molar-refractivity contribution in [2.45, 2.75) is 26.4 Å². The Morgan fingerprint density at radius 3 is 2.55 bits per heavy atom. The van der Waals surface area contributed by atoms with Crippen molar-refractivity contribution in [2.75, 3.05) is 11.9 Å². The molecular weight excluding hydrogens is 286 g/mol. The highest BCUT2D eigenvalue weighted by atomic mass is 16.5. The number of benzene rings is 1. The van der Waals surface area contributed by atoms with E-state index in [4.69, 9.17) is 9.84 Å². The van der Waals surface area contributed by atoms with Crippen LogP contribution in [0.3, 0.4) is 0 Å². The largest absolute Gasteiger partial charge is 0.473 e. The van der Waals surface area contributed by atoms with Crippen LogP contribution < -0.4 is 10.1 Å². The molecule has 0 bridgehead atoms. The maximum atomic E-state index is 11.0. The van der Waals surface area contributed by atoms with E-state index >= 15 is 0 Å². The zero-order valence-corrected chi connectivity index (χ0v) is 12.7. The molecule has 7 heteroatoms. The van der Waals surface area contributed by atoms with Gasteiger partial charge < -0.3 is 14.9 Å². The van der Waals surface area contributed by atoms with Gasteiger partial charge in [-0.2, -0.15) is 0 Å². The fraction of sp³-hybridized carbons (Fsp3) is 0.333. The van der Waals surface area contributed by atoms with Crippen LogP contribution in [0.25, 0.3) is 5.69 Å². The summed E-state index contributed by atoms with van der Waals surface area (Å²) < 4.78 is 6.97. The average Bonchev–Trinajstić information content (AvgIpc) is 2.74. The molecule has 0 saturated heterocycles. The van der Waals surface area contributed by atoms with Gasteiger partial charge in [-0.15, -0.1) is 5.10 Å². The number of nitrogens with zero attached hydrogens (tertiary/aromatic N) is 2. The van der Waals surface area contributed by atoms with Crippen LogP contribution >= 0.6 is 0 Å². The first-order chi connectivity index (χ1) is 10.3. The molecule has 0 radical (unpaired) electrons. The van der Waals surface area contributed by atoms with Crippen LogP contribution in [-0.2, 0) is 0 Å². The first-order valence-corrected chi connectivity index (χ1v) is 6.78. The van der Waals surface area contributed by atoms with Crippen LogP contribution in [0, 0.1) is 6.92 Å². The van der Waals surface area contributed by atoms with Crippen LogP contribution in [0.5, 0.6) is 5.88 Å². The lowest BCUT2D eigenvalue weighted by molar-refractivity contribution is 0.0265. The van der Waals surface area contributed by atoms with E-state index in [9.17, 15) is 9.90 Å². The summed E-state index contributed by atoms with van der Waals surface area (Å²) in [6, 6.07) is 9.12. The topological polar surface area (TPSA) is 96.6 Å². The van der Waals surface area contributed by atoms with Gasteiger partial charge in [-0.25, -0.2) is 9.48 Å². The normalized spacial score (nSPS) is 11.3. The number of hydrogen-bond donors (Lipinski definition) is 3. The summed E-state index contributed by atoms with van der Waals surface area (Å²) in [6.07, 6.45) is -1.19. The number of carbonyl (C=O) groups is 1. The Labute approximate surface area is 128 Å². The third kappa shape index (κ3) is 3.76. The molecule has 22 heavy (non-hydrogen) atoms. The van der Waals surface area contributed by atoms with E-state index in [-0.39, 0.29) is 12.5 Å². The van der Waals surface area contributed by atoms with Crippen molar-refractivity contribution in [3.8, 4) is 11.6 Å². The summed E-state index contributed by atoms with van der Waals surface area (Å²) in [4.78, 5) is 11.0. The highest BCUT2D eigenvalue weighted by molar-refractivity contribution is 5.83. The van der Waals surface area contributed by atoms with Crippen molar-refractivity contribution in [3.63, 3.8) is 0 Å². The molecule has 0 aliphatic rings. The van der Waals surface area contributed by atoms with E-state index in [1.807, 2.05) is 18.2 Å². The number of carboxylic acid groups (broad SMARTS) is 1. The lowest BCUT2D eigenvalue weighted by Gasteiger charge is -2.16. The molecule has 1 aromatic carbocycles. The molecule has 0 unspecified atom stereocenters. The maximum absolute atomic E-state index is 11.0. The van der Waals surface area contributed by atoms with Crippen LogP contribution in [0.15, 0.2) is 30.3 Å². The number of rotatable bonds is 5. The fourth-order valence-corrected chi connectivity index (χ4v) is 1.86. The monoisotopic (exact) mass is 305 g/mol. The van der Waals surface area contributed by atoms with Gasteiger partial charge in [0, 0.05) is 0 Å². The van der Waals surface area contributed by atoms with E-state index in [2.05, 4.69) is 10.4 Å². The Balaban J connectivity index is 2.41. The Kier molecular flexibility index (Phi) is 4.37. The summed E-state index contributed by atoms with van der Waals surface area (Å²) in [7, 11) is 0. The summed E-state index contributed by atoms with van der Waals surface area (Å²) in [5.41, 5.74) is 0.242. The molecule has 0 saturated carbocycles. The smallest absolute Gasteiger partial charge is 0.410 e. The lowest BCUT2D eigenvalue weighted by Crippen LogP contribution is -2.28. The quantitative estimate of drug-likeness (QED) is 0.788. The first kappa shape index (κ1) is 15.8. The second-order valence-electron chi connectivity index (χ2n) is 5.56. The molecule has 0 aliphatic heterocycles. The average molecular weight is 305 g/mol. The summed E-state index contributed by atoms with van der Waals surface area (Å²) in [6.45, 7) is 4.99. The van der Waals surface area contributed by atoms with E-state index < -0.39 is 11.7 Å². The Morgan fingerprint density at radius 1 is 1.36 bits per heavy atom. The Hall–Kier alpha value is -2.54. The van der Waals surface area contributed by atoms with Crippen molar-refractivity contribution in [1.29, 1.82) is 0 Å². The number of aromatic nitrogens is 2. The van der Waals surface area contributed by atoms with Crippen molar-refractivity contribution >= 4 is 11.9 Å². The van der Waals surface area contributed by atoms with Gasteiger partial charge in [0.1, 0.15) is 12.4 Å². The standard InChI is InChI=1S/C15H19N3O4/c1-10-12(16-14(19)20)18(11-7-5-4-6-8-11)17-13(10)22-9-15(2,3)21/h4-8,16,21H,9H2,1-3H3,(H,19,20). The zero-order valence-electron chi connectivity index (χ0n) is 12.7. The van der Waals surface area contributed by atoms with Gasteiger partial charge >= 0.3 is 6.09 Å². The van der Waals surface area contributed by atoms with Gasteiger partial charge in [-0.1, -0.05) is 18.2 Å². The number of ether oxygens (including phenoxy) is 1. The zero-order chi connectivity index (χ0) is 16.3. The molecule has 0 aliphatic carbocycles. The molecule has 1 amide bonds. The second kappa shape index (κ2) is 6.07. The molecule has 7 nitrogen and oxygen atoms in total. The maximum Gasteiger partial charge on any atom is 0.410 e. The van der Waals surface area contributed by atoms with Gasteiger partial charge in [-0.05, 0) is 32.9 Å². The van der Waals surface area contributed by atoms with Crippen molar-refractivity contribution in [3.05, 3.63) is 35.9 Å².